The normalized spacial score (nSPS) is 11.0. The molecule has 22 heavy (non-hydrogen) atoms. The summed E-state index contributed by atoms with van der Waals surface area (Å²) in [6.07, 6.45) is 0. The molecule has 0 atom stereocenters. The summed E-state index contributed by atoms with van der Waals surface area (Å²) in [6, 6.07) is 14.8. The number of benzene rings is 2. The summed E-state index contributed by atoms with van der Waals surface area (Å²) in [4.78, 5) is 14.0. The third-order valence-electron chi connectivity index (χ3n) is 2.73. The molecule has 1 N–H and O–H groups in total. The van der Waals surface area contributed by atoms with E-state index in [-0.39, 0.29) is 10.1 Å². The number of sulfonamides is 1. The molecule has 0 aliphatic carbocycles. The van der Waals surface area contributed by atoms with Crippen molar-refractivity contribution in [2.45, 2.75) is 9.79 Å². The molecule has 7 heteroatoms. The van der Waals surface area contributed by atoms with Crippen LogP contribution in [-0.2, 0) is 10.0 Å². The lowest BCUT2D eigenvalue weighted by molar-refractivity contribution is 0.241. The average molecular weight is 336 g/mol. The number of carbonyl (C=O) groups excluding carboxylic acids is 1. The Bertz CT molecular complexity index is 742. The van der Waals surface area contributed by atoms with E-state index >= 15 is 0 Å². The fraction of sp³-hybridized carbons (Fsp3) is 0.133. The van der Waals surface area contributed by atoms with Crippen molar-refractivity contribution in [3.8, 4) is 0 Å². The molecule has 0 aliphatic heterocycles. The Morgan fingerprint density at radius 2 is 1.59 bits per heavy atom. The van der Waals surface area contributed by atoms with Crippen LogP contribution in [0.5, 0.6) is 0 Å². The second kappa shape index (κ2) is 6.85. The molecule has 0 aromatic heterocycles. The van der Waals surface area contributed by atoms with Gasteiger partial charge in [-0.1, -0.05) is 18.2 Å². The van der Waals surface area contributed by atoms with Crippen LogP contribution >= 0.6 is 11.8 Å². The number of carbonyl (C=O) groups is 1. The van der Waals surface area contributed by atoms with Gasteiger partial charge in [0.15, 0.2) is 0 Å². The minimum atomic E-state index is -3.59. The van der Waals surface area contributed by atoms with Crippen LogP contribution in [-0.4, -0.2) is 32.7 Å². The lowest BCUT2D eigenvalue weighted by atomic mass is 10.3. The monoisotopic (exact) mass is 336 g/mol. The topological polar surface area (TPSA) is 66.5 Å². The molecule has 2 rings (SSSR count). The van der Waals surface area contributed by atoms with Crippen molar-refractivity contribution >= 4 is 32.7 Å². The maximum absolute atomic E-state index is 12.2. The van der Waals surface area contributed by atoms with Crippen LogP contribution in [0.2, 0.25) is 0 Å². The standard InChI is InChI=1S/C15H16N2O3S2/c1-17(2)15(18)21-13-10-8-12(9-11-13)16-22(19,20)14-6-4-3-5-7-14/h3-11,16H,1-2H3. The summed E-state index contributed by atoms with van der Waals surface area (Å²) in [5, 5.41) is -0.0855. The van der Waals surface area contributed by atoms with Gasteiger partial charge >= 0.3 is 0 Å². The van der Waals surface area contributed by atoms with Gasteiger partial charge in [0, 0.05) is 24.7 Å². The Kier molecular flexibility index (Phi) is 5.10. The highest BCUT2D eigenvalue weighted by molar-refractivity contribution is 8.13. The van der Waals surface area contributed by atoms with Gasteiger partial charge in [0.25, 0.3) is 15.3 Å². The zero-order chi connectivity index (χ0) is 16.2. The minimum Gasteiger partial charge on any atom is -0.339 e. The van der Waals surface area contributed by atoms with Crippen LogP contribution in [0.4, 0.5) is 10.5 Å². The first-order valence-electron chi connectivity index (χ1n) is 6.45. The first kappa shape index (κ1) is 16.4. The average Bonchev–Trinajstić information content (AvgIpc) is 2.50. The van der Waals surface area contributed by atoms with E-state index in [1.165, 1.54) is 17.0 Å². The highest BCUT2D eigenvalue weighted by Gasteiger charge is 2.13. The van der Waals surface area contributed by atoms with Gasteiger partial charge in [-0.2, -0.15) is 0 Å². The molecule has 0 saturated carbocycles. The van der Waals surface area contributed by atoms with Gasteiger partial charge in [-0.15, -0.1) is 0 Å². The molecule has 0 fully saturated rings. The van der Waals surface area contributed by atoms with E-state index in [1.807, 2.05) is 0 Å². The molecule has 0 radical (unpaired) electrons. The predicted octanol–water partition coefficient (Wildman–Crippen LogP) is 3.26. The molecule has 0 heterocycles. The van der Waals surface area contributed by atoms with Crippen molar-refractivity contribution in [2.24, 2.45) is 0 Å². The van der Waals surface area contributed by atoms with Crippen LogP contribution in [0.15, 0.2) is 64.4 Å². The molecule has 0 aliphatic rings. The van der Waals surface area contributed by atoms with E-state index in [2.05, 4.69) is 4.72 Å². The lowest BCUT2D eigenvalue weighted by Gasteiger charge is -2.10. The molecule has 1 amide bonds. The second-order valence-corrected chi connectivity index (χ2v) is 7.41. The van der Waals surface area contributed by atoms with E-state index < -0.39 is 10.0 Å². The van der Waals surface area contributed by atoms with Crippen LogP contribution < -0.4 is 4.72 Å². The van der Waals surface area contributed by atoms with Gasteiger partial charge in [0.05, 0.1) is 4.90 Å². The van der Waals surface area contributed by atoms with Crippen LogP contribution in [0.3, 0.4) is 0 Å². The summed E-state index contributed by atoms with van der Waals surface area (Å²) in [5.74, 6) is 0. The molecule has 2 aromatic carbocycles. The lowest BCUT2D eigenvalue weighted by Crippen LogP contribution is -2.16. The molecular formula is C15H16N2O3S2. The minimum absolute atomic E-state index is 0.0855. The maximum atomic E-state index is 12.2. The van der Waals surface area contributed by atoms with Gasteiger partial charge in [-0.05, 0) is 48.2 Å². The second-order valence-electron chi connectivity index (χ2n) is 4.71. The number of amides is 1. The van der Waals surface area contributed by atoms with E-state index in [1.54, 1.807) is 56.6 Å². The Balaban J connectivity index is 2.10. The summed E-state index contributed by atoms with van der Waals surface area (Å²) in [7, 11) is -0.238. The third-order valence-corrected chi connectivity index (χ3v) is 5.18. The van der Waals surface area contributed by atoms with Crippen LogP contribution in [0, 0.1) is 0 Å². The quantitative estimate of drug-likeness (QED) is 0.870. The largest absolute Gasteiger partial charge is 0.339 e. The summed E-state index contributed by atoms with van der Waals surface area (Å²) < 4.78 is 26.9. The third kappa shape index (κ3) is 4.25. The summed E-state index contributed by atoms with van der Waals surface area (Å²) >= 11 is 1.08. The smallest absolute Gasteiger partial charge is 0.285 e. The molecule has 116 valence electrons. The number of rotatable bonds is 4. The Labute approximate surface area is 134 Å². The predicted molar refractivity (Wildman–Crippen MR) is 88.6 cm³/mol. The molecular weight excluding hydrogens is 320 g/mol. The molecule has 0 bridgehead atoms. The highest BCUT2D eigenvalue weighted by atomic mass is 32.2. The van der Waals surface area contributed by atoms with Crippen molar-refractivity contribution in [3.63, 3.8) is 0 Å². The fourth-order valence-electron chi connectivity index (χ4n) is 1.60. The zero-order valence-corrected chi connectivity index (χ0v) is 13.8. The summed E-state index contributed by atoms with van der Waals surface area (Å²) in [5.41, 5.74) is 0.450. The zero-order valence-electron chi connectivity index (χ0n) is 12.2. The van der Waals surface area contributed by atoms with Crippen molar-refractivity contribution < 1.29 is 13.2 Å². The van der Waals surface area contributed by atoms with Crippen molar-refractivity contribution in [1.82, 2.24) is 4.90 Å². The summed E-state index contributed by atoms with van der Waals surface area (Å²) in [6.45, 7) is 0. The van der Waals surface area contributed by atoms with E-state index in [0.29, 0.717) is 5.69 Å². The van der Waals surface area contributed by atoms with Gasteiger partial charge in [-0.3, -0.25) is 9.52 Å². The van der Waals surface area contributed by atoms with Crippen molar-refractivity contribution in [3.05, 3.63) is 54.6 Å². The van der Waals surface area contributed by atoms with Crippen LogP contribution in [0.1, 0.15) is 0 Å². The van der Waals surface area contributed by atoms with Crippen LogP contribution in [0.25, 0.3) is 0 Å². The van der Waals surface area contributed by atoms with Crippen molar-refractivity contribution in [1.29, 1.82) is 0 Å². The fourth-order valence-corrected chi connectivity index (χ4v) is 3.33. The maximum Gasteiger partial charge on any atom is 0.285 e. The highest BCUT2D eigenvalue weighted by Crippen LogP contribution is 2.23. The van der Waals surface area contributed by atoms with E-state index in [4.69, 9.17) is 0 Å². The molecule has 0 saturated heterocycles. The first-order valence-corrected chi connectivity index (χ1v) is 8.75. The van der Waals surface area contributed by atoms with Gasteiger partial charge in [0.2, 0.25) is 0 Å². The number of hydrogen-bond donors (Lipinski definition) is 1. The molecule has 5 nitrogen and oxygen atoms in total. The Morgan fingerprint density at radius 1 is 1.00 bits per heavy atom. The van der Waals surface area contributed by atoms with Gasteiger partial charge < -0.3 is 4.90 Å². The Morgan fingerprint density at radius 3 is 2.14 bits per heavy atom. The number of anilines is 1. The number of hydrogen-bond acceptors (Lipinski definition) is 4. The van der Waals surface area contributed by atoms with Gasteiger partial charge in [-0.25, -0.2) is 8.42 Å². The number of nitrogens with one attached hydrogen (secondary N) is 1. The molecule has 0 unspecified atom stereocenters. The van der Waals surface area contributed by atoms with Gasteiger partial charge in [0.1, 0.15) is 0 Å². The van der Waals surface area contributed by atoms with E-state index in [9.17, 15) is 13.2 Å². The van der Waals surface area contributed by atoms with E-state index in [0.717, 1.165) is 16.7 Å². The number of thioether (sulfide) groups is 1. The Hall–Kier alpha value is -1.99. The molecule has 2 aromatic rings. The van der Waals surface area contributed by atoms with Crippen molar-refractivity contribution in [2.75, 3.05) is 18.8 Å². The first-order chi connectivity index (χ1) is 10.4. The SMILES string of the molecule is CN(C)C(=O)Sc1ccc(NS(=O)(=O)c2ccccc2)cc1. The number of nitrogens with zero attached hydrogens (tertiary/aromatic N) is 1. The molecule has 0 spiro atoms.